The summed E-state index contributed by atoms with van der Waals surface area (Å²) in [6.45, 7) is 2.26. The Hall–Kier alpha value is -7.37. The van der Waals surface area contributed by atoms with Crippen LogP contribution in [0.4, 0.5) is 0 Å². The molecule has 0 fully saturated rings. The van der Waals surface area contributed by atoms with Crippen LogP contribution in [0.1, 0.15) is 23.9 Å². The van der Waals surface area contributed by atoms with E-state index in [9.17, 15) is 0 Å². The van der Waals surface area contributed by atoms with E-state index in [1.165, 1.54) is 38.2 Å². The number of hydrogen-bond donors (Lipinski definition) is 0. The molecule has 3 heterocycles. The number of nitrogens with zero attached hydrogens (tertiary/aromatic N) is 3. The molecular weight excluding hydrogens is 699 g/mol. The molecule has 12 rings (SSSR count). The third kappa shape index (κ3) is 5.05. The molecule has 11 aromatic rings. The van der Waals surface area contributed by atoms with E-state index >= 15 is 0 Å². The number of rotatable bonds is 4. The van der Waals surface area contributed by atoms with Crippen molar-refractivity contribution >= 4 is 77.1 Å². The summed E-state index contributed by atoms with van der Waals surface area (Å²) >= 11 is 0. The molecule has 268 valence electrons. The smallest absolute Gasteiger partial charge is 0.164 e. The normalized spacial score (nSPS) is 14.3. The van der Waals surface area contributed by atoms with Crippen LogP contribution >= 0.6 is 0 Å². The topological polar surface area (TPSA) is 65.0 Å². The van der Waals surface area contributed by atoms with Crippen LogP contribution < -0.4 is 0 Å². The van der Waals surface area contributed by atoms with Gasteiger partial charge in [0.25, 0.3) is 0 Å². The van der Waals surface area contributed by atoms with Gasteiger partial charge in [-0.3, -0.25) is 0 Å². The molecule has 0 radical (unpaired) electrons. The highest BCUT2D eigenvalue weighted by Crippen LogP contribution is 2.42. The summed E-state index contributed by atoms with van der Waals surface area (Å²) in [6.07, 6.45) is 3.17. The van der Waals surface area contributed by atoms with E-state index in [0.29, 0.717) is 17.5 Å². The molecule has 57 heavy (non-hydrogen) atoms. The van der Waals surface area contributed by atoms with Crippen molar-refractivity contribution in [1.82, 2.24) is 15.0 Å². The van der Waals surface area contributed by atoms with Gasteiger partial charge in [0.1, 0.15) is 22.3 Å². The maximum atomic E-state index is 6.68. The van der Waals surface area contributed by atoms with Crippen molar-refractivity contribution in [2.24, 2.45) is 5.92 Å². The van der Waals surface area contributed by atoms with Gasteiger partial charge in [-0.05, 0) is 111 Å². The van der Waals surface area contributed by atoms with Gasteiger partial charge in [0.15, 0.2) is 17.5 Å². The van der Waals surface area contributed by atoms with E-state index in [1.54, 1.807) is 0 Å². The molecule has 0 aliphatic heterocycles. The molecular formula is C52H33N3O2. The Morgan fingerprint density at radius 1 is 0.456 bits per heavy atom. The number of fused-ring (bicyclic) bond motifs is 10. The Labute approximate surface area is 327 Å². The average Bonchev–Trinajstić information content (AvgIpc) is 3.83. The fourth-order valence-electron chi connectivity index (χ4n) is 8.99. The van der Waals surface area contributed by atoms with Gasteiger partial charge in [-0.25, -0.2) is 15.0 Å². The van der Waals surface area contributed by atoms with Crippen molar-refractivity contribution in [2.75, 3.05) is 0 Å². The first-order chi connectivity index (χ1) is 28.1. The summed E-state index contributed by atoms with van der Waals surface area (Å²) in [5, 5.41) is 9.02. The van der Waals surface area contributed by atoms with Crippen molar-refractivity contribution in [3.05, 3.63) is 175 Å². The molecule has 3 aromatic heterocycles. The highest BCUT2D eigenvalue weighted by atomic mass is 16.3. The summed E-state index contributed by atoms with van der Waals surface area (Å²) in [7, 11) is 0. The van der Waals surface area contributed by atoms with Crippen LogP contribution in [0.5, 0.6) is 0 Å². The van der Waals surface area contributed by atoms with Crippen LogP contribution in [0.3, 0.4) is 0 Å². The molecule has 0 saturated carbocycles. The lowest BCUT2D eigenvalue weighted by Gasteiger charge is -2.22. The number of hydrogen-bond acceptors (Lipinski definition) is 5. The van der Waals surface area contributed by atoms with E-state index < -0.39 is 0 Å². The number of allylic oxidation sites excluding steroid dienone is 1. The molecule has 0 spiro atoms. The Morgan fingerprint density at radius 3 is 2.09 bits per heavy atom. The van der Waals surface area contributed by atoms with Crippen LogP contribution in [0.2, 0.25) is 0 Å². The van der Waals surface area contributed by atoms with Gasteiger partial charge in [-0.2, -0.15) is 0 Å². The first-order valence-electron chi connectivity index (χ1n) is 19.5. The van der Waals surface area contributed by atoms with Crippen molar-refractivity contribution in [1.29, 1.82) is 0 Å². The van der Waals surface area contributed by atoms with Crippen molar-refractivity contribution < 1.29 is 8.83 Å². The molecule has 0 saturated heterocycles. The second kappa shape index (κ2) is 12.3. The Morgan fingerprint density at radius 2 is 1.16 bits per heavy atom. The predicted molar refractivity (Wildman–Crippen MR) is 233 cm³/mol. The molecule has 1 atom stereocenters. The maximum Gasteiger partial charge on any atom is 0.164 e. The van der Waals surface area contributed by atoms with Crippen LogP contribution in [-0.2, 0) is 6.42 Å². The second-order valence-corrected chi connectivity index (χ2v) is 15.2. The van der Waals surface area contributed by atoms with Crippen LogP contribution in [0.15, 0.2) is 167 Å². The minimum absolute atomic E-state index is 0.221. The minimum atomic E-state index is 0.221. The molecule has 0 bridgehead atoms. The zero-order chi connectivity index (χ0) is 37.6. The average molecular weight is 732 g/mol. The van der Waals surface area contributed by atoms with Crippen LogP contribution in [0.25, 0.3) is 111 Å². The molecule has 1 unspecified atom stereocenters. The molecule has 0 N–H and O–H groups in total. The summed E-state index contributed by atoms with van der Waals surface area (Å²) < 4.78 is 12.9. The van der Waals surface area contributed by atoms with Gasteiger partial charge in [0, 0.05) is 38.2 Å². The van der Waals surface area contributed by atoms with Crippen LogP contribution in [0, 0.1) is 5.92 Å². The van der Waals surface area contributed by atoms with Gasteiger partial charge in [0.05, 0.1) is 0 Å². The highest BCUT2D eigenvalue weighted by Gasteiger charge is 2.24. The Balaban J connectivity index is 1.06. The molecule has 0 amide bonds. The van der Waals surface area contributed by atoms with Gasteiger partial charge < -0.3 is 8.83 Å². The summed E-state index contributed by atoms with van der Waals surface area (Å²) in [6, 6.07) is 55.2. The molecule has 1 aliphatic rings. The molecule has 5 heteroatoms. The standard InChI is InChI=1S/C52H33N3O2/c1-30-25-31-11-2-3-12-32(31)26-42(30)52-54-50(35-22-24-46-44(28-35)39-17-8-9-19-45(39)56-46)53-51(55-52)41-18-10-20-47-49(41)40-23-21-34(29-48(40)57-47)43-27-33-13-4-5-14-36(33)37-15-6-7-16-38(37)43/h2-24,26-30H,25H2,1H3. The number of furan rings is 2. The van der Waals surface area contributed by atoms with Gasteiger partial charge in [-0.15, -0.1) is 0 Å². The third-order valence-corrected chi connectivity index (χ3v) is 11.8. The van der Waals surface area contributed by atoms with E-state index in [2.05, 4.69) is 128 Å². The van der Waals surface area contributed by atoms with Crippen molar-refractivity contribution in [3.63, 3.8) is 0 Å². The lowest BCUT2D eigenvalue weighted by Crippen LogP contribution is -2.13. The fraction of sp³-hybridized carbons (Fsp3) is 0.0577. The number of para-hydroxylation sites is 1. The zero-order valence-electron chi connectivity index (χ0n) is 31.0. The number of benzene rings is 8. The summed E-state index contributed by atoms with van der Waals surface area (Å²) in [5.41, 5.74) is 11.0. The number of aromatic nitrogens is 3. The minimum Gasteiger partial charge on any atom is -0.456 e. The first kappa shape index (κ1) is 31.9. The molecule has 1 aliphatic carbocycles. The Kier molecular flexibility index (Phi) is 6.90. The first-order valence-corrected chi connectivity index (χ1v) is 19.5. The monoisotopic (exact) mass is 731 g/mol. The largest absolute Gasteiger partial charge is 0.456 e. The summed E-state index contributed by atoms with van der Waals surface area (Å²) in [5.74, 6) is 2.13. The highest BCUT2D eigenvalue weighted by molar-refractivity contribution is 6.16. The van der Waals surface area contributed by atoms with Crippen LogP contribution in [-0.4, -0.2) is 15.0 Å². The lowest BCUT2D eigenvalue weighted by atomic mass is 9.84. The maximum absolute atomic E-state index is 6.68. The summed E-state index contributed by atoms with van der Waals surface area (Å²) in [4.78, 5) is 15.8. The van der Waals surface area contributed by atoms with Gasteiger partial charge in [-0.1, -0.05) is 116 Å². The quantitative estimate of drug-likeness (QED) is 0.169. The third-order valence-electron chi connectivity index (χ3n) is 11.8. The van der Waals surface area contributed by atoms with Gasteiger partial charge >= 0.3 is 0 Å². The fourth-order valence-corrected chi connectivity index (χ4v) is 8.99. The molecule has 8 aromatic carbocycles. The van der Waals surface area contributed by atoms with Gasteiger partial charge in [0.2, 0.25) is 0 Å². The SMILES string of the molecule is CC1Cc2ccccc2C=C1c1nc(-c2ccc3oc4ccccc4c3c2)nc(-c2cccc3oc4cc(-c5cc6ccccc6c6ccccc56)ccc4c23)n1. The molecule has 5 nitrogen and oxygen atoms in total. The van der Waals surface area contributed by atoms with Crippen molar-refractivity contribution in [2.45, 2.75) is 13.3 Å². The van der Waals surface area contributed by atoms with E-state index in [-0.39, 0.29) is 5.92 Å². The zero-order valence-corrected chi connectivity index (χ0v) is 31.0. The van der Waals surface area contributed by atoms with E-state index in [4.69, 9.17) is 23.8 Å². The lowest BCUT2D eigenvalue weighted by molar-refractivity contribution is 0.668. The Bertz CT molecular complexity index is 3480. The van der Waals surface area contributed by atoms with E-state index in [1.807, 2.05) is 42.5 Å². The predicted octanol–water partition coefficient (Wildman–Crippen LogP) is 13.7. The van der Waals surface area contributed by atoms with Crippen molar-refractivity contribution in [3.8, 4) is 33.9 Å². The second-order valence-electron chi connectivity index (χ2n) is 15.2. The van der Waals surface area contributed by atoms with E-state index in [0.717, 1.165) is 72.6 Å².